The van der Waals surface area contributed by atoms with Gasteiger partial charge in [0.25, 0.3) is 0 Å². The van der Waals surface area contributed by atoms with Gasteiger partial charge in [-0.1, -0.05) is 6.42 Å². The second-order valence-corrected chi connectivity index (χ2v) is 6.11. The Morgan fingerprint density at radius 2 is 1.89 bits per heavy atom. The summed E-state index contributed by atoms with van der Waals surface area (Å²) < 4.78 is 38.1. The van der Waals surface area contributed by atoms with Gasteiger partial charge in [0.1, 0.15) is 0 Å². The van der Waals surface area contributed by atoms with E-state index in [0.717, 1.165) is 0 Å². The summed E-state index contributed by atoms with van der Waals surface area (Å²) in [6, 6.07) is 0. The number of carbonyl (C=O) groups is 1. The molecule has 0 saturated heterocycles. The first-order valence-corrected chi connectivity index (χ1v) is 6.55. The summed E-state index contributed by atoms with van der Waals surface area (Å²) in [6.07, 6.45) is -3.30. The van der Waals surface area contributed by atoms with Crippen molar-refractivity contribution in [2.75, 3.05) is 13.6 Å². The molecule has 1 aliphatic rings. The van der Waals surface area contributed by atoms with Crippen molar-refractivity contribution < 1.29 is 23.1 Å². The quantitative estimate of drug-likeness (QED) is 0.863. The van der Waals surface area contributed by atoms with Crippen molar-refractivity contribution in [1.82, 2.24) is 4.90 Å². The van der Waals surface area contributed by atoms with Crippen LogP contribution >= 0.6 is 0 Å². The first-order chi connectivity index (χ1) is 8.50. The standard InChI is InChI=1S/C13H22F3NO2/c1-12(2,19)8-17(3)11(18)9-5-4-6-10(7-9)13(14,15)16/h9-10,19H,4-8H2,1-3H3. The van der Waals surface area contributed by atoms with Crippen molar-refractivity contribution in [1.29, 1.82) is 0 Å². The second kappa shape index (κ2) is 5.69. The van der Waals surface area contributed by atoms with Crippen LogP contribution in [-0.4, -0.2) is 41.3 Å². The third-order valence-electron chi connectivity index (χ3n) is 3.49. The van der Waals surface area contributed by atoms with Crippen molar-refractivity contribution in [2.24, 2.45) is 11.8 Å². The van der Waals surface area contributed by atoms with Gasteiger partial charge in [-0.25, -0.2) is 0 Å². The zero-order chi connectivity index (χ0) is 14.8. The van der Waals surface area contributed by atoms with Crippen LogP contribution in [0.5, 0.6) is 0 Å². The highest BCUT2D eigenvalue weighted by Crippen LogP contribution is 2.40. The molecule has 19 heavy (non-hydrogen) atoms. The number of rotatable bonds is 3. The van der Waals surface area contributed by atoms with Gasteiger partial charge in [0.15, 0.2) is 0 Å². The van der Waals surface area contributed by atoms with E-state index in [-0.39, 0.29) is 25.3 Å². The van der Waals surface area contributed by atoms with Crippen LogP contribution in [0.3, 0.4) is 0 Å². The molecule has 0 aromatic heterocycles. The molecule has 0 heterocycles. The minimum Gasteiger partial charge on any atom is -0.389 e. The zero-order valence-corrected chi connectivity index (χ0v) is 11.6. The van der Waals surface area contributed by atoms with Crippen LogP contribution in [0.15, 0.2) is 0 Å². The molecule has 1 fully saturated rings. The number of nitrogens with zero attached hydrogens (tertiary/aromatic N) is 1. The summed E-state index contributed by atoms with van der Waals surface area (Å²) in [4.78, 5) is 13.4. The highest BCUT2D eigenvalue weighted by molar-refractivity contribution is 5.78. The van der Waals surface area contributed by atoms with Crippen LogP contribution in [0.1, 0.15) is 39.5 Å². The summed E-state index contributed by atoms with van der Waals surface area (Å²) in [5.41, 5.74) is -1.04. The van der Waals surface area contributed by atoms with Gasteiger partial charge < -0.3 is 10.0 Å². The number of aliphatic hydroxyl groups is 1. The highest BCUT2D eigenvalue weighted by atomic mass is 19.4. The van der Waals surface area contributed by atoms with Crippen molar-refractivity contribution in [3.05, 3.63) is 0 Å². The maximum absolute atomic E-state index is 12.7. The molecule has 2 unspecified atom stereocenters. The topological polar surface area (TPSA) is 40.5 Å². The Kier molecular flexibility index (Phi) is 4.87. The Morgan fingerprint density at radius 3 is 2.37 bits per heavy atom. The minimum absolute atomic E-state index is 0.114. The fourth-order valence-corrected chi connectivity index (χ4v) is 2.68. The van der Waals surface area contributed by atoms with Crippen LogP contribution < -0.4 is 0 Å². The average molecular weight is 281 g/mol. The molecule has 0 radical (unpaired) electrons. The van der Waals surface area contributed by atoms with Gasteiger partial charge in [-0.15, -0.1) is 0 Å². The predicted octanol–water partition coefficient (Wildman–Crippen LogP) is 2.58. The van der Waals surface area contributed by atoms with Crippen LogP contribution in [0.25, 0.3) is 0 Å². The van der Waals surface area contributed by atoms with Crippen molar-refractivity contribution in [3.8, 4) is 0 Å². The molecule has 0 spiro atoms. The molecule has 0 aromatic rings. The van der Waals surface area contributed by atoms with Crippen LogP contribution in [0, 0.1) is 11.8 Å². The lowest BCUT2D eigenvalue weighted by Gasteiger charge is -2.33. The molecule has 0 aliphatic heterocycles. The fourth-order valence-electron chi connectivity index (χ4n) is 2.68. The van der Waals surface area contributed by atoms with E-state index < -0.39 is 23.6 Å². The predicted molar refractivity (Wildman–Crippen MR) is 65.4 cm³/mol. The van der Waals surface area contributed by atoms with Gasteiger partial charge in [0.2, 0.25) is 5.91 Å². The van der Waals surface area contributed by atoms with Crippen molar-refractivity contribution >= 4 is 5.91 Å². The van der Waals surface area contributed by atoms with Crippen LogP contribution in [0.4, 0.5) is 13.2 Å². The van der Waals surface area contributed by atoms with Crippen LogP contribution in [-0.2, 0) is 4.79 Å². The maximum Gasteiger partial charge on any atom is 0.391 e. The Hall–Kier alpha value is -0.780. The van der Waals surface area contributed by atoms with E-state index in [0.29, 0.717) is 12.8 Å². The summed E-state index contributed by atoms with van der Waals surface area (Å²) in [5.74, 6) is -2.24. The average Bonchev–Trinajstić information content (AvgIpc) is 2.24. The molecule has 1 rings (SSSR count). The van der Waals surface area contributed by atoms with E-state index in [4.69, 9.17) is 0 Å². The molecule has 1 N–H and O–H groups in total. The summed E-state index contributed by atoms with van der Waals surface area (Å²) >= 11 is 0. The molecule has 3 nitrogen and oxygen atoms in total. The van der Waals surface area contributed by atoms with Crippen molar-refractivity contribution in [2.45, 2.75) is 51.3 Å². The summed E-state index contributed by atoms with van der Waals surface area (Å²) in [6.45, 7) is 3.26. The van der Waals surface area contributed by atoms with E-state index in [1.54, 1.807) is 13.8 Å². The molecule has 0 bridgehead atoms. The van der Waals surface area contributed by atoms with E-state index in [9.17, 15) is 23.1 Å². The molecular weight excluding hydrogens is 259 g/mol. The molecule has 112 valence electrons. The van der Waals surface area contributed by atoms with Gasteiger partial charge in [-0.3, -0.25) is 4.79 Å². The Bertz CT molecular complexity index is 323. The number of amides is 1. The van der Waals surface area contributed by atoms with E-state index >= 15 is 0 Å². The molecule has 1 aliphatic carbocycles. The zero-order valence-electron chi connectivity index (χ0n) is 11.6. The van der Waals surface area contributed by atoms with Crippen molar-refractivity contribution in [3.63, 3.8) is 0 Å². The SMILES string of the molecule is CN(CC(C)(C)O)C(=O)C1CCCC(C(F)(F)F)C1. The number of carbonyl (C=O) groups excluding carboxylic acids is 1. The van der Waals surface area contributed by atoms with E-state index in [1.165, 1.54) is 11.9 Å². The number of hydrogen-bond acceptors (Lipinski definition) is 2. The third-order valence-corrected chi connectivity index (χ3v) is 3.49. The van der Waals surface area contributed by atoms with Gasteiger partial charge >= 0.3 is 6.18 Å². The van der Waals surface area contributed by atoms with Gasteiger partial charge in [-0.2, -0.15) is 13.2 Å². The maximum atomic E-state index is 12.7. The number of alkyl halides is 3. The normalized spacial score (nSPS) is 25.2. The summed E-state index contributed by atoms with van der Waals surface area (Å²) in [5, 5.41) is 9.64. The van der Waals surface area contributed by atoms with Gasteiger partial charge in [-0.05, 0) is 33.1 Å². The van der Waals surface area contributed by atoms with Gasteiger partial charge in [0.05, 0.1) is 11.5 Å². The minimum atomic E-state index is -4.21. The first-order valence-electron chi connectivity index (χ1n) is 6.55. The molecule has 1 amide bonds. The lowest BCUT2D eigenvalue weighted by atomic mass is 9.80. The highest BCUT2D eigenvalue weighted by Gasteiger charge is 2.44. The Labute approximate surface area is 111 Å². The monoisotopic (exact) mass is 281 g/mol. The number of halogens is 3. The summed E-state index contributed by atoms with van der Waals surface area (Å²) in [7, 11) is 1.53. The smallest absolute Gasteiger partial charge is 0.389 e. The van der Waals surface area contributed by atoms with E-state index in [2.05, 4.69) is 0 Å². The molecule has 0 aromatic carbocycles. The lowest BCUT2D eigenvalue weighted by Crippen LogP contribution is -2.44. The fraction of sp³-hybridized carbons (Fsp3) is 0.923. The molecule has 2 atom stereocenters. The second-order valence-electron chi connectivity index (χ2n) is 6.11. The van der Waals surface area contributed by atoms with Crippen LogP contribution in [0.2, 0.25) is 0 Å². The Balaban J connectivity index is 2.62. The molecule has 1 saturated carbocycles. The number of likely N-dealkylation sites (N-methyl/N-ethyl adjacent to an activating group) is 1. The molecule has 6 heteroatoms. The largest absolute Gasteiger partial charge is 0.391 e. The third kappa shape index (κ3) is 5.01. The first kappa shape index (κ1) is 16.3. The Morgan fingerprint density at radius 1 is 1.32 bits per heavy atom. The molecular formula is C13H22F3NO2. The lowest BCUT2D eigenvalue weighted by molar-refractivity contribution is -0.187. The van der Waals surface area contributed by atoms with E-state index in [1.807, 2.05) is 0 Å². The number of hydrogen-bond donors (Lipinski definition) is 1. The van der Waals surface area contributed by atoms with Gasteiger partial charge in [0, 0.05) is 19.5 Å².